The summed E-state index contributed by atoms with van der Waals surface area (Å²) < 4.78 is 0. The third-order valence-corrected chi connectivity index (χ3v) is 2.03. The van der Waals surface area contributed by atoms with Crippen LogP contribution in [-0.4, -0.2) is 9.97 Å². The van der Waals surface area contributed by atoms with Crippen molar-refractivity contribution in [1.29, 1.82) is 0 Å². The van der Waals surface area contributed by atoms with Gasteiger partial charge in [-0.2, -0.15) is 0 Å². The third kappa shape index (κ3) is 2.66. The van der Waals surface area contributed by atoms with Crippen LogP contribution in [0.2, 0.25) is 0 Å². The number of halogens is 1. The Balaban J connectivity index is 3.16. The smallest absolute Gasteiger partial charge is 0.143 e. The zero-order valence-corrected chi connectivity index (χ0v) is 9.31. The SMILES string of the molecule is Cc1cc(C(C)(C)C)nc(CCl)n1. The van der Waals surface area contributed by atoms with Crippen molar-refractivity contribution in [2.75, 3.05) is 0 Å². The first kappa shape index (κ1) is 10.5. The van der Waals surface area contributed by atoms with Crippen molar-refractivity contribution >= 4 is 11.6 Å². The van der Waals surface area contributed by atoms with Crippen LogP contribution in [-0.2, 0) is 11.3 Å². The topological polar surface area (TPSA) is 25.8 Å². The van der Waals surface area contributed by atoms with Crippen molar-refractivity contribution in [3.63, 3.8) is 0 Å². The van der Waals surface area contributed by atoms with E-state index < -0.39 is 0 Å². The fraction of sp³-hybridized carbons (Fsp3) is 0.600. The van der Waals surface area contributed by atoms with E-state index in [1.165, 1.54) is 0 Å². The number of nitrogens with zero attached hydrogens (tertiary/aromatic N) is 2. The van der Waals surface area contributed by atoms with Gasteiger partial charge in [-0.15, -0.1) is 11.6 Å². The molecule has 0 fully saturated rings. The van der Waals surface area contributed by atoms with E-state index >= 15 is 0 Å². The van der Waals surface area contributed by atoms with E-state index in [4.69, 9.17) is 11.6 Å². The molecular formula is C10H15ClN2. The molecule has 0 aromatic carbocycles. The summed E-state index contributed by atoms with van der Waals surface area (Å²) in [5.41, 5.74) is 2.10. The number of rotatable bonds is 1. The molecule has 13 heavy (non-hydrogen) atoms. The van der Waals surface area contributed by atoms with E-state index in [1.807, 2.05) is 13.0 Å². The second kappa shape index (κ2) is 3.62. The van der Waals surface area contributed by atoms with Gasteiger partial charge in [-0.05, 0) is 13.0 Å². The van der Waals surface area contributed by atoms with Gasteiger partial charge in [0.25, 0.3) is 0 Å². The van der Waals surface area contributed by atoms with E-state index in [1.54, 1.807) is 0 Å². The van der Waals surface area contributed by atoms with Crippen molar-refractivity contribution in [1.82, 2.24) is 9.97 Å². The number of hydrogen-bond acceptors (Lipinski definition) is 2. The highest BCUT2D eigenvalue weighted by molar-refractivity contribution is 6.16. The molecule has 0 aliphatic heterocycles. The number of alkyl halides is 1. The largest absolute Gasteiger partial charge is 0.237 e. The molecule has 0 radical (unpaired) electrons. The molecule has 1 rings (SSSR count). The molecule has 0 N–H and O–H groups in total. The third-order valence-electron chi connectivity index (χ3n) is 1.79. The standard InChI is InChI=1S/C10H15ClN2/c1-7-5-8(10(2,3)4)13-9(6-11)12-7/h5H,6H2,1-4H3. The van der Waals surface area contributed by atoms with Crippen LogP contribution in [0.15, 0.2) is 6.07 Å². The summed E-state index contributed by atoms with van der Waals surface area (Å²) in [7, 11) is 0. The first-order chi connectivity index (χ1) is 5.93. The molecule has 3 heteroatoms. The summed E-state index contributed by atoms with van der Waals surface area (Å²) in [6.45, 7) is 8.36. The fourth-order valence-electron chi connectivity index (χ4n) is 1.07. The van der Waals surface area contributed by atoms with Gasteiger partial charge in [0, 0.05) is 16.8 Å². The quantitative estimate of drug-likeness (QED) is 0.649. The van der Waals surface area contributed by atoms with Gasteiger partial charge in [-0.1, -0.05) is 20.8 Å². The Morgan fingerprint density at radius 2 is 1.92 bits per heavy atom. The molecule has 1 heterocycles. The maximum Gasteiger partial charge on any atom is 0.143 e. The molecule has 0 atom stereocenters. The molecule has 0 bridgehead atoms. The van der Waals surface area contributed by atoms with E-state index in [0.29, 0.717) is 11.7 Å². The molecule has 1 aromatic heterocycles. The number of aryl methyl sites for hydroxylation is 1. The molecular weight excluding hydrogens is 184 g/mol. The highest BCUT2D eigenvalue weighted by Crippen LogP contribution is 2.20. The molecule has 0 spiro atoms. The molecule has 72 valence electrons. The van der Waals surface area contributed by atoms with Crippen LogP contribution >= 0.6 is 11.6 Å². The summed E-state index contributed by atoms with van der Waals surface area (Å²) >= 11 is 5.70. The molecule has 0 amide bonds. The molecule has 0 saturated heterocycles. The van der Waals surface area contributed by atoms with Crippen LogP contribution in [0.4, 0.5) is 0 Å². The zero-order valence-electron chi connectivity index (χ0n) is 8.56. The van der Waals surface area contributed by atoms with Gasteiger partial charge in [0.2, 0.25) is 0 Å². The van der Waals surface area contributed by atoms with Gasteiger partial charge >= 0.3 is 0 Å². The second-order valence-electron chi connectivity index (χ2n) is 4.19. The normalized spacial score (nSPS) is 11.8. The Hall–Kier alpha value is -0.630. The zero-order chi connectivity index (χ0) is 10.1. The Labute approximate surface area is 84.4 Å². The van der Waals surface area contributed by atoms with Crippen LogP contribution in [0.3, 0.4) is 0 Å². The van der Waals surface area contributed by atoms with Crippen LogP contribution in [0.1, 0.15) is 38.0 Å². The maximum absolute atomic E-state index is 5.70. The van der Waals surface area contributed by atoms with Gasteiger partial charge in [0.05, 0.1) is 5.88 Å². The van der Waals surface area contributed by atoms with Gasteiger partial charge in [0.15, 0.2) is 0 Å². The van der Waals surface area contributed by atoms with Crippen LogP contribution < -0.4 is 0 Å². The monoisotopic (exact) mass is 198 g/mol. The van der Waals surface area contributed by atoms with Crippen LogP contribution in [0, 0.1) is 6.92 Å². The summed E-state index contributed by atoms with van der Waals surface area (Å²) in [6, 6.07) is 2.01. The van der Waals surface area contributed by atoms with Crippen LogP contribution in [0.5, 0.6) is 0 Å². The minimum absolute atomic E-state index is 0.0640. The van der Waals surface area contributed by atoms with Crippen molar-refractivity contribution < 1.29 is 0 Å². The lowest BCUT2D eigenvalue weighted by molar-refractivity contribution is 0.562. The Morgan fingerprint density at radius 1 is 1.31 bits per heavy atom. The van der Waals surface area contributed by atoms with E-state index in [2.05, 4.69) is 30.7 Å². The molecule has 0 unspecified atom stereocenters. The highest BCUT2D eigenvalue weighted by atomic mass is 35.5. The van der Waals surface area contributed by atoms with E-state index in [-0.39, 0.29) is 5.41 Å². The molecule has 0 aliphatic carbocycles. The van der Waals surface area contributed by atoms with E-state index in [9.17, 15) is 0 Å². The summed E-state index contributed by atoms with van der Waals surface area (Å²) in [5.74, 6) is 1.09. The predicted molar refractivity (Wildman–Crippen MR) is 55.0 cm³/mol. The number of aromatic nitrogens is 2. The van der Waals surface area contributed by atoms with Gasteiger partial charge in [-0.25, -0.2) is 9.97 Å². The van der Waals surface area contributed by atoms with Gasteiger partial charge in [0.1, 0.15) is 5.82 Å². The first-order valence-corrected chi connectivity index (χ1v) is 4.88. The molecule has 0 aliphatic rings. The number of hydrogen-bond donors (Lipinski definition) is 0. The van der Waals surface area contributed by atoms with E-state index in [0.717, 1.165) is 11.4 Å². The average molecular weight is 199 g/mol. The first-order valence-electron chi connectivity index (χ1n) is 4.34. The van der Waals surface area contributed by atoms with Crippen molar-refractivity contribution in [3.8, 4) is 0 Å². The molecule has 2 nitrogen and oxygen atoms in total. The average Bonchev–Trinajstić information content (AvgIpc) is 2.01. The Kier molecular flexibility index (Phi) is 2.91. The van der Waals surface area contributed by atoms with Crippen molar-refractivity contribution in [3.05, 3.63) is 23.3 Å². The molecule has 1 aromatic rings. The minimum Gasteiger partial charge on any atom is -0.237 e. The summed E-state index contributed by atoms with van der Waals surface area (Å²) in [5, 5.41) is 0. The lowest BCUT2D eigenvalue weighted by Crippen LogP contribution is -2.15. The predicted octanol–water partition coefficient (Wildman–Crippen LogP) is 2.82. The second-order valence-corrected chi connectivity index (χ2v) is 4.46. The summed E-state index contributed by atoms with van der Waals surface area (Å²) in [4.78, 5) is 8.60. The lowest BCUT2D eigenvalue weighted by Gasteiger charge is -2.18. The van der Waals surface area contributed by atoms with Crippen molar-refractivity contribution in [2.24, 2.45) is 0 Å². The van der Waals surface area contributed by atoms with Gasteiger partial charge in [-0.3, -0.25) is 0 Å². The van der Waals surface area contributed by atoms with Crippen LogP contribution in [0.25, 0.3) is 0 Å². The Morgan fingerprint density at radius 3 is 2.38 bits per heavy atom. The summed E-state index contributed by atoms with van der Waals surface area (Å²) in [6.07, 6.45) is 0. The fourth-order valence-corrected chi connectivity index (χ4v) is 1.19. The van der Waals surface area contributed by atoms with Crippen molar-refractivity contribution in [2.45, 2.75) is 39.0 Å². The molecule has 0 saturated carbocycles. The highest BCUT2D eigenvalue weighted by Gasteiger charge is 2.16. The maximum atomic E-state index is 5.70. The lowest BCUT2D eigenvalue weighted by atomic mass is 9.91. The van der Waals surface area contributed by atoms with Gasteiger partial charge < -0.3 is 0 Å². The Bertz CT molecular complexity index is 302. The minimum atomic E-state index is 0.0640.